The molecule has 6 nitrogen and oxygen atoms in total. The lowest BCUT2D eigenvalue weighted by Crippen LogP contribution is -2.42. The maximum atomic E-state index is 13.0. The van der Waals surface area contributed by atoms with Crippen molar-refractivity contribution in [3.63, 3.8) is 0 Å². The van der Waals surface area contributed by atoms with Crippen molar-refractivity contribution < 1.29 is 9.59 Å². The zero-order valence-electron chi connectivity index (χ0n) is 20.2. The van der Waals surface area contributed by atoms with E-state index < -0.39 is 0 Å². The first-order chi connectivity index (χ1) is 15.9. The number of pyridine rings is 1. The highest BCUT2D eigenvalue weighted by atomic mass is 16.2. The molecule has 0 unspecified atom stereocenters. The number of piperidine rings is 1. The van der Waals surface area contributed by atoms with Crippen LogP contribution in [0.15, 0.2) is 42.6 Å². The molecule has 1 aromatic heterocycles. The number of hydrogen-bond donors (Lipinski definition) is 0. The highest BCUT2D eigenvalue weighted by Gasteiger charge is 2.37. The van der Waals surface area contributed by atoms with Gasteiger partial charge in [-0.2, -0.15) is 0 Å². The Bertz CT molecular complexity index is 964. The predicted molar refractivity (Wildman–Crippen MR) is 130 cm³/mol. The van der Waals surface area contributed by atoms with E-state index in [4.69, 9.17) is 4.98 Å². The third-order valence-electron chi connectivity index (χ3n) is 7.11. The molecule has 0 radical (unpaired) electrons. The lowest BCUT2D eigenvalue weighted by molar-refractivity contribution is -0.136. The Morgan fingerprint density at radius 1 is 1.12 bits per heavy atom. The summed E-state index contributed by atoms with van der Waals surface area (Å²) < 4.78 is 0. The van der Waals surface area contributed by atoms with E-state index in [9.17, 15) is 9.59 Å². The Morgan fingerprint density at radius 2 is 1.88 bits per heavy atom. The molecule has 2 amide bonds. The zero-order valence-corrected chi connectivity index (χ0v) is 20.2. The average molecular weight is 449 g/mol. The van der Waals surface area contributed by atoms with Crippen LogP contribution >= 0.6 is 0 Å². The second-order valence-corrected chi connectivity index (χ2v) is 9.84. The standard InChI is InChI=1S/C27H36N4O2/c1-20-6-4-5-7-23(20)16-21-8-9-25(28-18-21)22-10-12-30(13-11-22)27(33)24-17-26(32)31(19-24)15-14-29(2)3/h4-9,18,22,24H,10-17,19H2,1-3H3/t24-/m0/s1. The molecule has 3 heterocycles. The van der Waals surface area contributed by atoms with Crippen LogP contribution in [0, 0.1) is 12.8 Å². The van der Waals surface area contributed by atoms with Crippen LogP contribution in [0.4, 0.5) is 0 Å². The summed E-state index contributed by atoms with van der Waals surface area (Å²) in [5, 5.41) is 0. The molecule has 2 aromatic rings. The van der Waals surface area contributed by atoms with Gasteiger partial charge in [0.25, 0.3) is 0 Å². The van der Waals surface area contributed by atoms with Gasteiger partial charge in [0, 0.05) is 57.0 Å². The fourth-order valence-electron chi connectivity index (χ4n) is 4.94. The molecule has 0 saturated carbocycles. The molecular weight excluding hydrogens is 412 g/mol. The normalized spacial score (nSPS) is 19.5. The van der Waals surface area contributed by atoms with Crippen molar-refractivity contribution in [3.05, 3.63) is 65.0 Å². The topological polar surface area (TPSA) is 56.8 Å². The maximum absolute atomic E-state index is 13.0. The number of aromatic nitrogens is 1. The van der Waals surface area contributed by atoms with Crippen molar-refractivity contribution in [3.8, 4) is 0 Å². The number of nitrogens with zero attached hydrogens (tertiary/aromatic N) is 4. The first-order valence-electron chi connectivity index (χ1n) is 12.1. The summed E-state index contributed by atoms with van der Waals surface area (Å²) >= 11 is 0. The quantitative estimate of drug-likeness (QED) is 0.653. The minimum Gasteiger partial charge on any atom is -0.342 e. The van der Waals surface area contributed by atoms with E-state index in [0.29, 0.717) is 25.4 Å². The summed E-state index contributed by atoms with van der Waals surface area (Å²) in [6.45, 7) is 5.74. The van der Waals surface area contributed by atoms with Crippen LogP contribution in [0.25, 0.3) is 0 Å². The smallest absolute Gasteiger partial charge is 0.227 e. The minimum absolute atomic E-state index is 0.111. The number of hydrogen-bond acceptors (Lipinski definition) is 4. The first kappa shape index (κ1) is 23.4. The van der Waals surface area contributed by atoms with Crippen LogP contribution in [-0.4, -0.2) is 78.3 Å². The molecular formula is C27H36N4O2. The van der Waals surface area contributed by atoms with Gasteiger partial charge in [-0.05, 0) is 63.0 Å². The Kier molecular flexibility index (Phi) is 7.43. The van der Waals surface area contributed by atoms with E-state index in [-0.39, 0.29) is 17.7 Å². The lowest BCUT2D eigenvalue weighted by Gasteiger charge is -2.33. The molecule has 33 heavy (non-hydrogen) atoms. The summed E-state index contributed by atoms with van der Waals surface area (Å²) in [5.41, 5.74) is 5.00. The van der Waals surface area contributed by atoms with Crippen molar-refractivity contribution >= 4 is 11.8 Å². The summed E-state index contributed by atoms with van der Waals surface area (Å²) in [6.07, 6.45) is 5.13. The summed E-state index contributed by atoms with van der Waals surface area (Å²) in [5.74, 6) is 0.467. The second kappa shape index (κ2) is 10.5. The van der Waals surface area contributed by atoms with E-state index in [2.05, 4.69) is 48.2 Å². The number of aryl methyl sites for hydroxylation is 1. The number of benzene rings is 1. The molecule has 0 spiro atoms. The molecule has 4 rings (SSSR count). The van der Waals surface area contributed by atoms with Gasteiger partial charge in [-0.25, -0.2) is 0 Å². The average Bonchev–Trinajstić information content (AvgIpc) is 3.20. The van der Waals surface area contributed by atoms with Crippen LogP contribution in [-0.2, 0) is 16.0 Å². The number of carbonyl (C=O) groups excluding carboxylic acids is 2. The molecule has 2 saturated heterocycles. The van der Waals surface area contributed by atoms with Crippen LogP contribution in [0.2, 0.25) is 0 Å². The molecule has 0 bridgehead atoms. The molecule has 0 N–H and O–H groups in total. The van der Waals surface area contributed by atoms with Gasteiger partial charge in [0.15, 0.2) is 0 Å². The number of carbonyl (C=O) groups is 2. The monoisotopic (exact) mass is 448 g/mol. The SMILES string of the molecule is Cc1ccccc1Cc1ccc(C2CCN(C(=O)[C@H]3CC(=O)N(CCN(C)C)C3)CC2)nc1. The molecule has 6 heteroatoms. The van der Waals surface area contributed by atoms with Crippen LogP contribution in [0.3, 0.4) is 0 Å². The Morgan fingerprint density at radius 3 is 2.55 bits per heavy atom. The number of rotatable bonds is 7. The predicted octanol–water partition coefficient (Wildman–Crippen LogP) is 3.10. The fraction of sp³-hybridized carbons (Fsp3) is 0.519. The second-order valence-electron chi connectivity index (χ2n) is 9.84. The molecule has 176 valence electrons. The van der Waals surface area contributed by atoms with Gasteiger partial charge in [0.1, 0.15) is 0 Å². The molecule has 1 aromatic carbocycles. The molecule has 2 aliphatic heterocycles. The summed E-state index contributed by atoms with van der Waals surface area (Å²) in [7, 11) is 4.00. The molecule has 0 aliphatic carbocycles. The van der Waals surface area contributed by atoms with E-state index >= 15 is 0 Å². The number of amides is 2. The van der Waals surface area contributed by atoms with Gasteiger partial charge >= 0.3 is 0 Å². The Hall–Kier alpha value is -2.73. The molecule has 2 aliphatic rings. The third kappa shape index (κ3) is 5.80. The Balaban J connectivity index is 1.28. The molecule has 2 fully saturated rings. The van der Waals surface area contributed by atoms with Crippen molar-refractivity contribution in [2.45, 2.75) is 38.5 Å². The number of likely N-dealkylation sites (N-methyl/N-ethyl adjacent to an activating group) is 1. The van der Waals surface area contributed by atoms with Gasteiger partial charge < -0.3 is 14.7 Å². The molecule has 1 atom stereocenters. The van der Waals surface area contributed by atoms with E-state index in [1.165, 1.54) is 16.7 Å². The third-order valence-corrected chi connectivity index (χ3v) is 7.11. The van der Waals surface area contributed by atoms with Crippen molar-refractivity contribution in [2.24, 2.45) is 5.92 Å². The van der Waals surface area contributed by atoms with E-state index in [1.54, 1.807) is 0 Å². The highest BCUT2D eigenvalue weighted by Crippen LogP contribution is 2.29. The first-order valence-corrected chi connectivity index (χ1v) is 12.1. The van der Waals surface area contributed by atoms with Crippen molar-refractivity contribution in [1.82, 2.24) is 19.7 Å². The maximum Gasteiger partial charge on any atom is 0.227 e. The van der Waals surface area contributed by atoms with Gasteiger partial charge in [-0.1, -0.05) is 30.3 Å². The van der Waals surface area contributed by atoms with E-state index in [0.717, 1.165) is 44.6 Å². The van der Waals surface area contributed by atoms with Gasteiger partial charge in [0.2, 0.25) is 11.8 Å². The number of likely N-dealkylation sites (tertiary alicyclic amines) is 2. The Labute approximate surface area is 197 Å². The summed E-state index contributed by atoms with van der Waals surface area (Å²) in [4.78, 5) is 36.0. The minimum atomic E-state index is -0.185. The van der Waals surface area contributed by atoms with Crippen LogP contribution < -0.4 is 0 Å². The largest absolute Gasteiger partial charge is 0.342 e. The lowest BCUT2D eigenvalue weighted by atomic mass is 9.91. The van der Waals surface area contributed by atoms with Crippen molar-refractivity contribution in [2.75, 3.05) is 46.8 Å². The van der Waals surface area contributed by atoms with E-state index in [1.807, 2.05) is 30.1 Å². The van der Waals surface area contributed by atoms with Crippen LogP contribution in [0.5, 0.6) is 0 Å². The highest BCUT2D eigenvalue weighted by molar-refractivity contribution is 5.89. The zero-order chi connectivity index (χ0) is 23.4. The van der Waals surface area contributed by atoms with Gasteiger partial charge in [-0.3, -0.25) is 14.6 Å². The van der Waals surface area contributed by atoms with Crippen molar-refractivity contribution in [1.29, 1.82) is 0 Å². The van der Waals surface area contributed by atoms with Gasteiger partial charge in [0.05, 0.1) is 5.92 Å². The fourth-order valence-corrected chi connectivity index (χ4v) is 4.94. The summed E-state index contributed by atoms with van der Waals surface area (Å²) in [6, 6.07) is 12.8. The van der Waals surface area contributed by atoms with Crippen LogP contribution in [0.1, 0.15) is 47.6 Å². The van der Waals surface area contributed by atoms with Gasteiger partial charge in [-0.15, -0.1) is 0 Å².